The third-order valence-corrected chi connectivity index (χ3v) is 6.29. The molecule has 4 rings (SSSR count). The zero-order valence-electron chi connectivity index (χ0n) is 17.6. The van der Waals surface area contributed by atoms with Gasteiger partial charge in [0.15, 0.2) is 0 Å². The van der Waals surface area contributed by atoms with Gasteiger partial charge < -0.3 is 14.0 Å². The topological polar surface area (TPSA) is 49.2 Å². The van der Waals surface area contributed by atoms with E-state index >= 15 is 0 Å². The molecule has 5 nitrogen and oxygen atoms in total. The van der Waals surface area contributed by atoms with Crippen LogP contribution in [-0.4, -0.2) is 40.5 Å². The molecule has 0 radical (unpaired) electrons. The summed E-state index contributed by atoms with van der Waals surface area (Å²) in [6, 6.07) is 12.5. The van der Waals surface area contributed by atoms with Crippen molar-refractivity contribution in [3.8, 4) is 0 Å². The van der Waals surface area contributed by atoms with Crippen molar-refractivity contribution in [2.45, 2.75) is 51.9 Å². The van der Waals surface area contributed by atoms with Gasteiger partial charge in [0.25, 0.3) is 0 Å². The smallest absolute Gasteiger partial charge is 0.0946 e. The Hall–Kier alpha value is -2.24. The highest BCUT2D eigenvalue weighted by molar-refractivity contribution is 5.78. The molecule has 1 aromatic carbocycles. The highest BCUT2D eigenvalue weighted by atomic mass is 16.5. The van der Waals surface area contributed by atoms with E-state index in [1.54, 1.807) is 0 Å². The molecular formula is C24H31N3O2. The zero-order chi connectivity index (χ0) is 20.3. The van der Waals surface area contributed by atoms with Crippen LogP contribution < -0.4 is 0 Å². The highest BCUT2D eigenvalue weighted by Crippen LogP contribution is 2.42. The van der Waals surface area contributed by atoms with Crippen molar-refractivity contribution in [2.75, 3.05) is 13.7 Å². The maximum Gasteiger partial charge on any atom is 0.0946 e. The molecule has 2 heterocycles. The number of hydrogen-bond donors (Lipinski definition) is 0. The van der Waals surface area contributed by atoms with Crippen LogP contribution in [0.3, 0.4) is 0 Å². The molecule has 0 saturated heterocycles. The Bertz CT molecular complexity index is 923. The van der Waals surface area contributed by atoms with Gasteiger partial charge in [0.1, 0.15) is 0 Å². The summed E-state index contributed by atoms with van der Waals surface area (Å²) in [4.78, 5) is 8.97. The predicted molar refractivity (Wildman–Crippen MR) is 115 cm³/mol. The number of aromatic nitrogens is 3. The van der Waals surface area contributed by atoms with Crippen LogP contribution >= 0.6 is 0 Å². The summed E-state index contributed by atoms with van der Waals surface area (Å²) >= 11 is 0. The molecule has 0 aliphatic heterocycles. The third kappa shape index (κ3) is 4.51. The monoisotopic (exact) mass is 393 g/mol. The SMILES string of the molecule is CO[C@@H]1[C@H](Cn2ccnc2)[C@H](OCCc2ccc3ccccc3n2)CCC1(C)C. The van der Waals surface area contributed by atoms with E-state index in [0.717, 1.165) is 37.0 Å². The van der Waals surface area contributed by atoms with Crippen molar-refractivity contribution in [3.63, 3.8) is 0 Å². The standard InChI is InChI=1S/C24H31N3O2/c1-24(2)12-10-22(20(23(24)28-3)16-27-14-13-25-17-27)29-15-11-19-9-8-18-6-4-5-7-21(18)26-19/h4-9,13-14,17,20,22-23H,10-12,15-16H2,1-3H3/t20-,22-,23-/m1/s1. The molecule has 0 bridgehead atoms. The number of nitrogens with zero attached hydrogens (tertiary/aromatic N) is 3. The molecule has 3 atom stereocenters. The number of pyridine rings is 1. The number of para-hydroxylation sites is 1. The van der Waals surface area contributed by atoms with E-state index in [1.807, 2.05) is 38.0 Å². The van der Waals surface area contributed by atoms with Gasteiger partial charge in [-0.2, -0.15) is 0 Å². The first-order chi connectivity index (χ1) is 14.1. The van der Waals surface area contributed by atoms with Crippen molar-refractivity contribution in [2.24, 2.45) is 11.3 Å². The minimum atomic E-state index is 0.139. The molecule has 154 valence electrons. The number of benzene rings is 1. The molecule has 2 aromatic heterocycles. The average Bonchev–Trinajstić information content (AvgIpc) is 3.23. The maximum absolute atomic E-state index is 6.43. The molecule has 0 N–H and O–H groups in total. The normalized spacial score (nSPS) is 24.0. The number of ether oxygens (including phenoxy) is 2. The molecule has 5 heteroatoms. The fourth-order valence-corrected chi connectivity index (χ4v) is 4.76. The quantitative estimate of drug-likeness (QED) is 0.593. The third-order valence-electron chi connectivity index (χ3n) is 6.29. The summed E-state index contributed by atoms with van der Waals surface area (Å²) in [7, 11) is 1.83. The van der Waals surface area contributed by atoms with Gasteiger partial charge in [-0.25, -0.2) is 4.98 Å². The second-order valence-corrected chi connectivity index (χ2v) is 8.76. The van der Waals surface area contributed by atoms with Crippen LogP contribution in [0.1, 0.15) is 32.4 Å². The molecule has 0 spiro atoms. The van der Waals surface area contributed by atoms with Crippen LogP contribution in [0.5, 0.6) is 0 Å². The lowest BCUT2D eigenvalue weighted by Crippen LogP contribution is -2.50. The van der Waals surface area contributed by atoms with E-state index in [1.165, 1.54) is 5.39 Å². The Kier molecular flexibility index (Phi) is 5.97. The molecule has 0 unspecified atom stereocenters. The molecule has 1 saturated carbocycles. The minimum absolute atomic E-state index is 0.139. The Morgan fingerprint density at radius 3 is 2.83 bits per heavy atom. The van der Waals surface area contributed by atoms with Crippen molar-refractivity contribution >= 4 is 10.9 Å². The second-order valence-electron chi connectivity index (χ2n) is 8.76. The summed E-state index contributed by atoms with van der Waals surface area (Å²) in [6.07, 6.45) is 9.03. The lowest BCUT2D eigenvalue weighted by Gasteiger charge is -2.47. The summed E-state index contributed by atoms with van der Waals surface area (Å²) in [5, 5.41) is 1.18. The van der Waals surface area contributed by atoms with Crippen molar-refractivity contribution in [3.05, 3.63) is 60.8 Å². The number of fused-ring (bicyclic) bond motifs is 1. The molecule has 1 aliphatic rings. The molecule has 1 fully saturated rings. The van der Waals surface area contributed by atoms with Gasteiger partial charge in [-0.15, -0.1) is 0 Å². The Balaban J connectivity index is 1.43. The largest absolute Gasteiger partial charge is 0.380 e. The van der Waals surface area contributed by atoms with Crippen LogP contribution in [-0.2, 0) is 22.4 Å². The van der Waals surface area contributed by atoms with Crippen LogP contribution in [0.2, 0.25) is 0 Å². The molecule has 0 amide bonds. The van der Waals surface area contributed by atoms with E-state index in [2.05, 4.69) is 47.7 Å². The lowest BCUT2D eigenvalue weighted by molar-refractivity contribution is -0.135. The molecule has 3 aromatic rings. The Morgan fingerprint density at radius 1 is 1.17 bits per heavy atom. The van der Waals surface area contributed by atoms with Crippen LogP contribution in [0.4, 0.5) is 0 Å². The van der Waals surface area contributed by atoms with Crippen molar-refractivity contribution in [1.29, 1.82) is 0 Å². The first-order valence-electron chi connectivity index (χ1n) is 10.5. The van der Waals surface area contributed by atoms with E-state index in [9.17, 15) is 0 Å². The summed E-state index contributed by atoms with van der Waals surface area (Å²) in [5.74, 6) is 0.294. The average molecular weight is 394 g/mol. The van der Waals surface area contributed by atoms with Crippen LogP contribution in [0.15, 0.2) is 55.1 Å². The number of imidazole rings is 1. The van der Waals surface area contributed by atoms with Crippen LogP contribution in [0, 0.1) is 11.3 Å². The van der Waals surface area contributed by atoms with Gasteiger partial charge in [-0.3, -0.25) is 4.98 Å². The van der Waals surface area contributed by atoms with Crippen molar-refractivity contribution < 1.29 is 9.47 Å². The van der Waals surface area contributed by atoms with E-state index in [-0.39, 0.29) is 17.6 Å². The van der Waals surface area contributed by atoms with Gasteiger partial charge in [-0.05, 0) is 30.4 Å². The Labute approximate surface area is 173 Å². The first kappa shape index (κ1) is 20.0. The van der Waals surface area contributed by atoms with Crippen molar-refractivity contribution in [1.82, 2.24) is 14.5 Å². The minimum Gasteiger partial charge on any atom is -0.380 e. The van der Waals surface area contributed by atoms with E-state index < -0.39 is 0 Å². The first-order valence-corrected chi connectivity index (χ1v) is 10.5. The molecular weight excluding hydrogens is 362 g/mol. The van der Waals surface area contributed by atoms with E-state index in [0.29, 0.717) is 12.5 Å². The molecule has 1 aliphatic carbocycles. The van der Waals surface area contributed by atoms with Gasteiger partial charge in [-0.1, -0.05) is 38.1 Å². The molecule has 29 heavy (non-hydrogen) atoms. The van der Waals surface area contributed by atoms with Crippen LogP contribution in [0.25, 0.3) is 10.9 Å². The number of rotatable bonds is 7. The summed E-state index contributed by atoms with van der Waals surface area (Å²) < 4.78 is 14.6. The Morgan fingerprint density at radius 2 is 2.03 bits per heavy atom. The number of methoxy groups -OCH3 is 1. The summed E-state index contributed by atoms with van der Waals surface area (Å²) in [6.45, 7) is 6.14. The van der Waals surface area contributed by atoms with E-state index in [4.69, 9.17) is 14.5 Å². The van der Waals surface area contributed by atoms with Gasteiger partial charge in [0, 0.05) is 49.5 Å². The predicted octanol–water partition coefficient (Wildman–Crippen LogP) is 4.51. The second kappa shape index (κ2) is 8.64. The summed E-state index contributed by atoms with van der Waals surface area (Å²) in [5.41, 5.74) is 2.26. The van der Waals surface area contributed by atoms with Gasteiger partial charge in [0.2, 0.25) is 0 Å². The fourth-order valence-electron chi connectivity index (χ4n) is 4.76. The highest BCUT2D eigenvalue weighted by Gasteiger charge is 2.44. The van der Waals surface area contributed by atoms with Gasteiger partial charge >= 0.3 is 0 Å². The number of hydrogen-bond acceptors (Lipinski definition) is 4. The fraction of sp³-hybridized carbons (Fsp3) is 0.500. The lowest BCUT2D eigenvalue weighted by atomic mass is 9.68. The van der Waals surface area contributed by atoms with Gasteiger partial charge in [0.05, 0.1) is 30.7 Å². The maximum atomic E-state index is 6.43. The zero-order valence-corrected chi connectivity index (χ0v) is 17.6.